The van der Waals surface area contributed by atoms with E-state index in [1.54, 1.807) is 18.9 Å². The van der Waals surface area contributed by atoms with E-state index >= 15 is 0 Å². The lowest BCUT2D eigenvalue weighted by molar-refractivity contribution is -0.141. The van der Waals surface area contributed by atoms with Crippen molar-refractivity contribution in [3.8, 4) is 0 Å². The number of ether oxygens (including phenoxy) is 1. The number of rotatable bonds is 4. The molecule has 26 heavy (non-hydrogen) atoms. The summed E-state index contributed by atoms with van der Waals surface area (Å²) >= 11 is 1.29. The van der Waals surface area contributed by atoms with Gasteiger partial charge in [0.15, 0.2) is 5.69 Å². The molecule has 1 fully saturated rings. The van der Waals surface area contributed by atoms with Gasteiger partial charge in [0.25, 0.3) is 5.91 Å². The van der Waals surface area contributed by atoms with E-state index in [1.165, 1.54) is 22.2 Å². The molecule has 1 aliphatic rings. The van der Waals surface area contributed by atoms with Crippen LogP contribution in [0.15, 0.2) is 12.3 Å². The van der Waals surface area contributed by atoms with Gasteiger partial charge in [0.2, 0.25) is 0 Å². The Balaban J connectivity index is 1.74. The Morgan fingerprint density at radius 1 is 1.46 bits per heavy atom. The summed E-state index contributed by atoms with van der Waals surface area (Å²) in [4.78, 5) is 19.4. The maximum Gasteiger partial charge on any atom is 0.435 e. The number of nitrogens with zero attached hydrogens (tertiary/aromatic N) is 4. The summed E-state index contributed by atoms with van der Waals surface area (Å²) in [5, 5.41) is 4.37. The van der Waals surface area contributed by atoms with E-state index in [2.05, 4.69) is 10.1 Å². The number of aryl methyl sites for hydroxylation is 1. The smallest absolute Gasteiger partial charge is 0.378 e. The second-order valence-corrected chi connectivity index (χ2v) is 7.26. The number of halogens is 3. The highest BCUT2D eigenvalue weighted by Gasteiger charge is 2.35. The zero-order valence-corrected chi connectivity index (χ0v) is 15.2. The number of thiazole rings is 1. The fourth-order valence-electron chi connectivity index (χ4n) is 3.03. The van der Waals surface area contributed by atoms with Crippen LogP contribution < -0.4 is 0 Å². The fourth-order valence-corrected chi connectivity index (χ4v) is 4.03. The molecule has 0 bridgehead atoms. The van der Waals surface area contributed by atoms with Crippen molar-refractivity contribution in [2.24, 2.45) is 0 Å². The third-order valence-corrected chi connectivity index (χ3v) is 5.38. The summed E-state index contributed by atoms with van der Waals surface area (Å²) in [5.41, 5.74) is -0.268. The molecule has 142 valence electrons. The summed E-state index contributed by atoms with van der Waals surface area (Å²) in [6.07, 6.45) is -1.75. The first-order chi connectivity index (χ1) is 12.3. The number of hydrogen-bond acceptors (Lipinski definition) is 5. The predicted molar refractivity (Wildman–Crippen MR) is 89.0 cm³/mol. The Morgan fingerprint density at radius 3 is 2.88 bits per heavy atom. The van der Waals surface area contributed by atoms with E-state index in [0.717, 1.165) is 11.1 Å². The molecule has 1 atom stereocenters. The number of methoxy groups -OCH3 is 1. The minimum Gasteiger partial charge on any atom is -0.378 e. The first-order valence-corrected chi connectivity index (χ1v) is 8.98. The highest BCUT2D eigenvalue weighted by molar-refractivity contribution is 7.13. The fraction of sp³-hybridized carbons (Fsp3) is 0.562. The van der Waals surface area contributed by atoms with Crippen LogP contribution in [0.25, 0.3) is 0 Å². The third kappa shape index (κ3) is 3.90. The van der Waals surface area contributed by atoms with Gasteiger partial charge in [0, 0.05) is 26.4 Å². The summed E-state index contributed by atoms with van der Waals surface area (Å²) in [7, 11) is 1.56. The van der Waals surface area contributed by atoms with Crippen molar-refractivity contribution in [2.45, 2.75) is 38.6 Å². The lowest BCUT2D eigenvalue weighted by atomic mass is 10.1. The van der Waals surface area contributed by atoms with Crippen LogP contribution in [0.3, 0.4) is 0 Å². The molecule has 10 heteroatoms. The number of hydrogen-bond donors (Lipinski definition) is 0. The molecular formula is C16H19F3N4O2S. The van der Waals surface area contributed by atoms with E-state index < -0.39 is 11.9 Å². The van der Waals surface area contributed by atoms with Gasteiger partial charge >= 0.3 is 6.18 Å². The molecule has 0 saturated carbocycles. The predicted octanol–water partition coefficient (Wildman–Crippen LogP) is 3.29. The van der Waals surface area contributed by atoms with Gasteiger partial charge in [-0.2, -0.15) is 18.3 Å². The molecule has 1 saturated heterocycles. The van der Waals surface area contributed by atoms with E-state index in [-0.39, 0.29) is 11.9 Å². The van der Waals surface area contributed by atoms with Crippen molar-refractivity contribution < 1.29 is 22.7 Å². The van der Waals surface area contributed by atoms with Crippen LogP contribution in [0.4, 0.5) is 13.2 Å². The number of alkyl halides is 3. The lowest BCUT2D eigenvalue weighted by Crippen LogP contribution is -2.40. The second kappa shape index (κ2) is 7.36. The van der Waals surface area contributed by atoms with Gasteiger partial charge in [-0.15, -0.1) is 11.3 Å². The van der Waals surface area contributed by atoms with Gasteiger partial charge in [-0.05, 0) is 25.8 Å². The largest absolute Gasteiger partial charge is 0.435 e. The standard InChI is InChI=1S/C16H19F3N4O2S/c1-10-14(26-13(20-10)9-25-2)15(24)22-6-3-4-11(8-22)23-7-5-12(21-23)16(17,18)19/h5,7,11H,3-4,6,8-9H2,1-2H3. The first kappa shape index (κ1) is 18.8. The normalized spacial score (nSPS) is 18.3. The van der Waals surface area contributed by atoms with Crippen molar-refractivity contribution in [3.05, 3.63) is 33.5 Å². The first-order valence-electron chi connectivity index (χ1n) is 8.16. The number of likely N-dealkylation sites (tertiary alicyclic amines) is 1. The molecule has 0 aliphatic carbocycles. The van der Waals surface area contributed by atoms with Crippen LogP contribution in [0.2, 0.25) is 0 Å². The van der Waals surface area contributed by atoms with E-state index in [1.807, 2.05) is 0 Å². The quantitative estimate of drug-likeness (QED) is 0.807. The van der Waals surface area contributed by atoms with Gasteiger partial charge in [-0.25, -0.2) is 4.98 Å². The Kier molecular flexibility index (Phi) is 5.33. The minimum atomic E-state index is -4.47. The summed E-state index contributed by atoms with van der Waals surface area (Å²) in [6.45, 7) is 3.01. The van der Waals surface area contributed by atoms with Crippen molar-refractivity contribution >= 4 is 17.2 Å². The summed E-state index contributed by atoms with van der Waals surface area (Å²) in [6, 6.07) is 0.695. The molecule has 6 nitrogen and oxygen atoms in total. The molecule has 1 amide bonds. The summed E-state index contributed by atoms with van der Waals surface area (Å²) < 4.78 is 44.6. The minimum absolute atomic E-state index is 0.143. The van der Waals surface area contributed by atoms with Crippen molar-refractivity contribution in [1.82, 2.24) is 19.7 Å². The molecule has 3 heterocycles. The van der Waals surface area contributed by atoms with E-state index in [0.29, 0.717) is 43.1 Å². The number of carbonyl (C=O) groups excluding carboxylic acids is 1. The van der Waals surface area contributed by atoms with Gasteiger partial charge in [0.1, 0.15) is 9.88 Å². The van der Waals surface area contributed by atoms with Gasteiger partial charge in [-0.1, -0.05) is 0 Å². The average Bonchev–Trinajstić information content (AvgIpc) is 3.21. The molecule has 0 aromatic carbocycles. The van der Waals surface area contributed by atoms with Crippen molar-refractivity contribution in [3.63, 3.8) is 0 Å². The van der Waals surface area contributed by atoms with Gasteiger partial charge < -0.3 is 9.64 Å². The molecule has 3 rings (SSSR count). The number of aromatic nitrogens is 3. The van der Waals surface area contributed by atoms with Gasteiger partial charge in [0.05, 0.1) is 18.3 Å². The third-order valence-electron chi connectivity index (χ3n) is 4.26. The second-order valence-electron chi connectivity index (χ2n) is 6.18. The topological polar surface area (TPSA) is 60.2 Å². The Morgan fingerprint density at radius 2 is 2.23 bits per heavy atom. The zero-order chi connectivity index (χ0) is 18.9. The molecular weight excluding hydrogens is 369 g/mol. The molecule has 2 aromatic rings. The lowest BCUT2D eigenvalue weighted by Gasteiger charge is -2.32. The Hall–Kier alpha value is -1.94. The molecule has 0 spiro atoms. The molecule has 0 radical (unpaired) electrons. The van der Waals surface area contributed by atoms with Crippen molar-refractivity contribution in [2.75, 3.05) is 20.2 Å². The highest BCUT2D eigenvalue weighted by atomic mass is 32.1. The molecule has 0 N–H and O–H groups in total. The number of amides is 1. The van der Waals surface area contributed by atoms with Crippen LogP contribution in [0.5, 0.6) is 0 Å². The highest BCUT2D eigenvalue weighted by Crippen LogP contribution is 2.30. The zero-order valence-electron chi connectivity index (χ0n) is 14.4. The SMILES string of the molecule is COCc1nc(C)c(C(=O)N2CCCC(n3ccc(C(F)(F)F)n3)C2)s1. The van der Waals surface area contributed by atoms with Crippen molar-refractivity contribution in [1.29, 1.82) is 0 Å². The van der Waals surface area contributed by atoms with Crippen LogP contribution in [0.1, 0.15) is 45.0 Å². The maximum atomic E-state index is 12.8. The monoisotopic (exact) mass is 388 g/mol. The Bertz CT molecular complexity index is 787. The van der Waals surface area contributed by atoms with E-state index in [9.17, 15) is 18.0 Å². The number of carbonyl (C=O) groups is 1. The van der Waals surface area contributed by atoms with Crippen LogP contribution >= 0.6 is 11.3 Å². The van der Waals surface area contributed by atoms with Crippen LogP contribution in [-0.2, 0) is 17.5 Å². The Labute approximate surface area is 152 Å². The summed E-state index contributed by atoms with van der Waals surface area (Å²) in [5.74, 6) is -0.143. The average molecular weight is 388 g/mol. The number of piperidine rings is 1. The van der Waals surface area contributed by atoms with Crippen LogP contribution in [-0.4, -0.2) is 45.8 Å². The van der Waals surface area contributed by atoms with E-state index in [4.69, 9.17) is 4.74 Å². The van der Waals surface area contributed by atoms with Crippen LogP contribution in [0, 0.1) is 6.92 Å². The molecule has 1 unspecified atom stereocenters. The van der Waals surface area contributed by atoms with Gasteiger partial charge in [-0.3, -0.25) is 9.48 Å². The maximum absolute atomic E-state index is 12.8. The molecule has 2 aromatic heterocycles. The molecule has 1 aliphatic heterocycles.